The maximum atomic E-state index is 11.4. The normalized spacial score (nSPS) is 13.5. The topological polar surface area (TPSA) is 43.1 Å². The number of nitrogens with two attached hydrogens (primary N) is 1. The van der Waals surface area contributed by atoms with Gasteiger partial charge < -0.3 is 5.73 Å². The highest BCUT2D eigenvalue weighted by Gasteiger charge is 2.20. The second-order valence-electron chi connectivity index (χ2n) is 7.22. The summed E-state index contributed by atoms with van der Waals surface area (Å²) in [5.74, 6) is 0.375. The molecule has 0 atom stereocenters. The van der Waals surface area contributed by atoms with Crippen LogP contribution in [0.15, 0.2) is 72.8 Å². The van der Waals surface area contributed by atoms with E-state index in [0.717, 1.165) is 23.5 Å². The molecule has 0 bridgehead atoms. The largest absolute Gasteiger partial charge is 0.366 e. The van der Waals surface area contributed by atoms with Gasteiger partial charge in [0.2, 0.25) is 5.91 Å². The number of hydrogen-bond donors (Lipinski definition) is 1. The highest BCUT2D eigenvalue weighted by molar-refractivity contribution is 5.94. The molecule has 0 aromatic heterocycles. The van der Waals surface area contributed by atoms with Crippen LogP contribution in [0, 0.1) is 5.92 Å². The van der Waals surface area contributed by atoms with E-state index in [4.69, 9.17) is 5.73 Å². The zero-order chi connectivity index (χ0) is 17.9. The average Bonchev–Trinajstić information content (AvgIpc) is 3.10. The Kier molecular flexibility index (Phi) is 4.57. The smallest absolute Gasteiger partial charge is 0.248 e. The second kappa shape index (κ2) is 7.17. The molecule has 0 saturated heterocycles. The van der Waals surface area contributed by atoms with Crippen LogP contribution in [0.2, 0.25) is 0 Å². The standard InChI is InChI=1S/C24H23NO/c25-24(26)23-7-3-6-22(16-23)19-12-10-17(11-13-19)8-9-18-14-20-4-1-2-5-21(20)15-18/h1-7,10-13,16,18H,8-9,14-15H2,(H2,25,26). The van der Waals surface area contributed by atoms with E-state index in [2.05, 4.69) is 48.5 Å². The third-order valence-corrected chi connectivity index (χ3v) is 5.41. The minimum Gasteiger partial charge on any atom is -0.366 e. The fourth-order valence-electron chi connectivity index (χ4n) is 3.94. The maximum absolute atomic E-state index is 11.4. The molecule has 26 heavy (non-hydrogen) atoms. The first kappa shape index (κ1) is 16.6. The zero-order valence-electron chi connectivity index (χ0n) is 14.8. The summed E-state index contributed by atoms with van der Waals surface area (Å²) < 4.78 is 0. The van der Waals surface area contributed by atoms with Gasteiger partial charge in [0, 0.05) is 5.56 Å². The Morgan fingerprint density at radius 2 is 1.54 bits per heavy atom. The molecule has 1 aliphatic carbocycles. The molecular weight excluding hydrogens is 318 g/mol. The Morgan fingerprint density at radius 1 is 0.846 bits per heavy atom. The van der Waals surface area contributed by atoms with Crippen molar-refractivity contribution < 1.29 is 4.79 Å². The van der Waals surface area contributed by atoms with E-state index >= 15 is 0 Å². The summed E-state index contributed by atoms with van der Waals surface area (Å²) in [5, 5.41) is 0. The first-order valence-corrected chi connectivity index (χ1v) is 9.25. The van der Waals surface area contributed by atoms with Gasteiger partial charge in [-0.15, -0.1) is 0 Å². The Hall–Kier alpha value is -2.87. The van der Waals surface area contributed by atoms with Crippen molar-refractivity contribution in [3.8, 4) is 11.1 Å². The van der Waals surface area contributed by atoms with Gasteiger partial charge in [-0.2, -0.15) is 0 Å². The molecule has 0 fully saturated rings. The number of aryl methyl sites for hydroxylation is 1. The SMILES string of the molecule is NC(=O)c1cccc(-c2ccc(CCC3Cc4ccccc4C3)cc2)c1. The van der Waals surface area contributed by atoms with Crippen LogP contribution in [0.25, 0.3) is 11.1 Å². The van der Waals surface area contributed by atoms with Gasteiger partial charge in [0.15, 0.2) is 0 Å². The number of rotatable bonds is 5. The summed E-state index contributed by atoms with van der Waals surface area (Å²) in [5.41, 5.74) is 12.5. The summed E-state index contributed by atoms with van der Waals surface area (Å²) in [4.78, 5) is 11.4. The van der Waals surface area contributed by atoms with E-state index in [1.54, 1.807) is 6.07 Å². The highest BCUT2D eigenvalue weighted by atomic mass is 16.1. The van der Waals surface area contributed by atoms with Gasteiger partial charge in [-0.3, -0.25) is 4.79 Å². The molecule has 2 N–H and O–H groups in total. The average molecular weight is 341 g/mol. The minimum absolute atomic E-state index is 0.388. The van der Waals surface area contributed by atoms with E-state index in [-0.39, 0.29) is 5.91 Å². The van der Waals surface area contributed by atoms with Crippen LogP contribution in [0.4, 0.5) is 0 Å². The number of benzene rings is 3. The molecule has 0 saturated carbocycles. The summed E-state index contributed by atoms with van der Waals surface area (Å²) in [6.07, 6.45) is 4.77. The second-order valence-corrected chi connectivity index (χ2v) is 7.22. The van der Waals surface area contributed by atoms with Crippen LogP contribution in [0.3, 0.4) is 0 Å². The lowest BCUT2D eigenvalue weighted by atomic mass is 9.95. The number of carbonyl (C=O) groups excluding carboxylic acids is 1. The van der Waals surface area contributed by atoms with Crippen LogP contribution in [0.5, 0.6) is 0 Å². The molecule has 1 amide bonds. The summed E-state index contributed by atoms with van der Waals surface area (Å²) in [6, 6.07) is 25.0. The van der Waals surface area contributed by atoms with Gasteiger partial charge in [-0.05, 0) is 71.6 Å². The van der Waals surface area contributed by atoms with Crippen LogP contribution >= 0.6 is 0 Å². The molecule has 2 heteroatoms. The predicted molar refractivity (Wildman–Crippen MR) is 106 cm³/mol. The number of amides is 1. The first-order chi connectivity index (χ1) is 12.7. The first-order valence-electron chi connectivity index (χ1n) is 9.25. The lowest BCUT2D eigenvalue weighted by Crippen LogP contribution is -2.10. The molecule has 0 spiro atoms. The minimum atomic E-state index is -0.388. The fourth-order valence-corrected chi connectivity index (χ4v) is 3.94. The molecule has 3 aromatic rings. The molecular formula is C24H23NO. The van der Waals surface area contributed by atoms with Crippen LogP contribution in [0.1, 0.15) is 33.5 Å². The predicted octanol–water partition coefficient (Wildman–Crippen LogP) is 4.80. The Morgan fingerprint density at radius 3 is 2.19 bits per heavy atom. The van der Waals surface area contributed by atoms with Crippen molar-refractivity contribution in [3.63, 3.8) is 0 Å². The Bertz CT molecular complexity index is 902. The zero-order valence-corrected chi connectivity index (χ0v) is 14.8. The molecule has 4 rings (SSSR count). The van der Waals surface area contributed by atoms with Gasteiger partial charge in [0.1, 0.15) is 0 Å². The third-order valence-electron chi connectivity index (χ3n) is 5.41. The molecule has 0 unspecified atom stereocenters. The lowest BCUT2D eigenvalue weighted by Gasteiger charge is -2.10. The van der Waals surface area contributed by atoms with E-state index in [0.29, 0.717) is 5.56 Å². The van der Waals surface area contributed by atoms with Crippen LogP contribution in [-0.4, -0.2) is 5.91 Å². The lowest BCUT2D eigenvalue weighted by molar-refractivity contribution is 0.100. The van der Waals surface area contributed by atoms with E-state index in [1.807, 2.05) is 18.2 Å². The molecule has 0 heterocycles. The molecule has 0 aliphatic heterocycles. The quantitative estimate of drug-likeness (QED) is 0.712. The highest BCUT2D eigenvalue weighted by Crippen LogP contribution is 2.30. The van der Waals surface area contributed by atoms with Crippen LogP contribution < -0.4 is 5.73 Å². The van der Waals surface area contributed by atoms with E-state index < -0.39 is 0 Å². The Labute approximate surface area is 154 Å². The van der Waals surface area contributed by atoms with Gasteiger partial charge in [-0.25, -0.2) is 0 Å². The van der Waals surface area contributed by atoms with Gasteiger partial charge >= 0.3 is 0 Å². The van der Waals surface area contributed by atoms with Gasteiger partial charge in [0.25, 0.3) is 0 Å². The third kappa shape index (κ3) is 3.55. The van der Waals surface area contributed by atoms with E-state index in [9.17, 15) is 4.79 Å². The van der Waals surface area contributed by atoms with Crippen molar-refractivity contribution in [3.05, 3.63) is 95.1 Å². The van der Waals surface area contributed by atoms with Crippen molar-refractivity contribution >= 4 is 5.91 Å². The molecule has 130 valence electrons. The van der Waals surface area contributed by atoms with Crippen molar-refractivity contribution in [1.82, 2.24) is 0 Å². The summed E-state index contributed by atoms with van der Waals surface area (Å²) >= 11 is 0. The van der Waals surface area contributed by atoms with E-state index in [1.165, 1.54) is 36.0 Å². The van der Waals surface area contributed by atoms with Crippen molar-refractivity contribution in [1.29, 1.82) is 0 Å². The fraction of sp³-hybridized carbons (Fsp3) is 0.208. The summed E-state index contributed by atoms with van der Waals surface area (Å²) in [7, 11) is 0. The van der Waals surface area contributed by atoms with Gasteiger partial charge in [-0.1, -0.05) is 60.7 Å². The molecule has 3 aromatic carbocycles. The number of fused-ring (bicyclic) bond motifs is 1. The van der Waals surface area contributed by atoms with Crippen molar-refractivity contribution in [2.24, 2.45) is 11.7 Å². The molecule has 1 aliphatic rings. The number of hydrogen-bond acceptors (Lipinski definition) is 1. The maximum Gasteiger partial charge on any atom is 0.248 e. The van der Waals surface area contributed by atoms with Gasteiger partial charge in [0.05, 0.1) is 0 Å². The van der Waals surface area contributed by atoms with Crippen LogP contribution in [-0.2, 0) is 19.3 Å². The van der Waals surface area contributed by atoms with Crippen molar-refractivity contribution in [2.75, 3.05) is 0 Å². The Balaban J connectivity index is 1.39. The monoisotopic (exact) mass is 341 g/mol. The number of primary amides is 1. The van der Waals surface area contributed by atoms with Crippen molar-refractivity contribution in [2.45, 2.75) is 25.7 Å². The molecule has 2 nitrogen and oxygen atoms in total. The summed E-state index contributed by atoms with van der Waals surface area (Å²) in [6.45, 7) is 0. The number of carbonyl (C=O) groups is 1. The molecule has 0 radical (unpaired) electrons.